The Hall–Kier alpha value is 1.17. The minimum Gasteiger partial charge on any atom is -1.00 e. The molecular weight excluding hydrogens is 307 g/mol. The van der Waals surface area contributed by atoms with Gasteiger partial charge < -0.3 is 33.2 Å². The van der Waals surface area contributed by atoms with Crippen LogP contribution in [-0.2, 0) is 26.2 Å². The smallest absolute Gasteiger partial charge is 1.00 e. The summed E-state index contributed by atoms with van der Waals surface area (Å²) in [6.45, 7) is 30.0. The van der Waals surface area contributed by atoms with Crippen molar-refractivity contribution >= 4 is 0 Å². The Morgan fingerprint density at radius 1 is 0.471 bits per heavy atom. The Morgan fingerprint density at radius 3 is 0.471 bits per heavy atom. The van der Waals surface area contributed by atoms with Crippen LogP contribution >= 0.6 is 0 Å². The molecule has 0 amide bonds. The normalized spacial score (nSPS) is 10.6. The molecule has 104 valence electrons. The molecule has 0 aromatic rings. The van der Waals surface area contributed by atoms with Crippen molar-refractivity contribution in [2.45, 2.75) is 62.3 Å². The number of halogens is 1. The van der Waals surface area contributed by atoms with Crippen LogP contribution in [0.1, 0.15) is 62.3 Å². The van der Waals surface area contributed by atoms with Crippen LogP contribution in [0.4, 0.5) is 0 Å². The molecule has 0 radical (unpaired) electrons. The molecule has 0 saturated heterocycles. The van der Waals surface area contributed by atoms with Gasteiger partial charge in [0.25, 0.3) is 0 Å². The maximum Gasteiger partial charge on any atom is 4.00 e. The van der Waals surface area contributed by atoms with Crippen molar-refractivity contribution in [3.05, 3.63) is 20.8 Å². The SMILES string of the molecule is [CH2-]C(C)(C)C.[CH2-]C(C)(C)C.[CH2-]C(C)(C)C.[Cl-].[Zr+4]. The van der Waals surface area contributed by atoms with Crippen molar-refractivity contribution in [1.82, 2.24) is 0 Å². The van der Waals surface area contributed by atoms with Gasteiger partial charge >= 0.3 is 26.2 Å². The van der Waals surface area contributed by atoms with Crippen LogP contribution in [0.25, 0.3) is 0 Å². The van der Waals surface area contributed by atoms with Crippen molar-refractivity contribution < 1.29 is 38.6 Å². The quantitative estimate of drug-likeness (QED) is 0.595. The zero-order chi connectivity index (χ0) is 13.5. The van der Waals surface area contributed by atoms with E-state index in [2.05, 4.69) is 83.1 Å². The van der Waals surface area contributed by atoms with Gasteiger partial charge in [0.1, 0.15) is 0 Å². The average Bonchev–Trinajstić information content (AvgIpc) is 1.41. The van der Waals surface area contributed by atoms with Gasteiger partial charge in [-0.2, -0.15) is 16.2 Å². The van der Waals surface area contributed by atoms with E-state index in [0.29, 0.717) is 0 Å². The molecule has 0 nitrogen and oxygen atoms in total. The second-order valence-corrected chi connectivity index (χ2v) is 7.68. The van der Waals surface area contributed by atoms with Gasteiger partial charge in [-0.15, -0.1) is 0 Å². The minimum atomic E-state index is 0. The first-order chi connectivity index (χ1) is 6.00. The Kier molecular flexibility index (Phi) is 22.2. The molecule has 2 heteroatoms. The summed E-state index contributed by atoms with van der Waals surface area (Å²) in [7, 11) is 0. The van der Waals surface area contributed by atoms with Crippen LogP contribution in [0.15, 0.2) is 0 Å². The van der Waals surface area contributed by atoms with Crippen molar-refractivity contribution in [2.75, 3.05) is 0 Å². The number of rotatable bonds is 0. The third-order valence-electron chi connectivity index (χ3n) is 0. The first kappa shape index (κ1) is 30.9. The van der Waals surface area contributed by atoms with E-state index in [0.717, 1.165) is 0 Å². The van der Waals surface area contributed by atoms with Crippen LogP contribution in [-0.4, -0.2) is 0 Å². The molecule has 0 aliphatic heterocycles. The van der Waals surface area contributed by atoms with Crippen molar-refractivity contribution in [1.29, 1.82) is 0 Å². The first-order valence-corrected chi connectivity index (χ1v) is 5.56. The fourth-order valence-corrected chi connectivity index (χ4v) is 0. The van der Waals surface area contributed by atoms with E-state index >= 15 is 0 Å². The summed E-state index contributed by atoms with van der Waals surface area (Å²) in [4.78, 5) is 0. The summed E-state index contributed by atoms with van der Waals surface area (Å²) >= 11 is 0. The van der Waals surface area contributed by atoms with Crippen LogP contribution < -0.4 is 12.4 Å². The average molecular weight is 340 g/mol. The monoisotopic (exact) mass is 338 g/mol. The molecule has 0 aliphatic carbocycles. The van der Waals surface area contributed by atoms with Crippen LogP contribution in [0.2, 0.25) is 0 Å². The summed E-state index contributed by atoms with van der Waals surface area (Å²) in [5, 5.41) is 0. The van der Waals surface area contributed by atoms with Gasteiger partial charge in [0, 0.05) is 0 Å². The summed E-state index contributed by atoms with van der Waals surface area (Å²) < 4.78 is 0. The van der Waals surface area contributed by atoms with E-state index < -0.39 is 0 Å². The number of hydrogen-bond donors (Lipinski definition) is 0. The molecule has 0 fully saturated rings. The fraction of sp³-hybridized carbons (Fsp3) is 0.800. The predicted molar refractivity (Wildman–Crippen MR) is 74.4 cm³/mol. The largest absolute Gasteiger partial charge is 4.00 e. The zero-order valence-electron chi connectivity index (χ0n) is 13.5. The van der Waals surface area contributed by atoms with Gasteiger partial charge in [0.15, 0.2) is 0 Å². The van der Waals surface area contributed by atoms with E-state index in [-0.39, 0.29) is 54.9 Å². The molecule has 0 spiro atoms. The molecule has 0 heterocycles. The van der Waals surface area contributed by atoms with Crippen molar-refractivity contribution in [3.8, 4) is 0 Å². The second kappa shape index (κ2) is 12.2. The standard InChI is InChI=1S/3C5H11.ClH.Zr/c3*1-5(2,3)4;;/h3*1H2,2-4H3;1H;/q3*-1;;+4/p-1. The zero-order valence-corrected chi connectivity index (χ0v) is 16.7. The Bertz CT molecular complexity index is 85.9. The molecule has 0 aromatic heterocycles. The maximum absolute atomic E-state index is 3.77. The molecule has 0 rings (SSSR count). The van der Waals surface area contributed by atoms with Crippen LogP contribution in [0, 0.1) is 37.0 Å². The Labute approximate surface area is 137 Å². The third kappa shape index (κ3) is 2870. The fourth-order valence-electron chi connectivity index (χ4n) is 0. The molecule has 0 aliphatic rings. The van der Waals surface area contributed by atoms with Crippen molar-refractivity contribution in [2.24, 2.45) is 16.2 Å². The molecule has 0 bridgehead atoms. The molecular formula is C15H33ClZr. The number of hydrogen-bond acceptors (Lipinski definition) is 0. The van der Waals surface area contributed by atoms with Gasteiger partial charge in [-0.05, 0) is 0 Å². The molecule has 0 aromatic carbocycles. The third-order valence-corrected chi connectivity index (χ3v) is 0. The first-order valence-electron chi connectivity index (χ1n) is 5.56. The van der Waals surface area contributed by atoms with Gasteiger partial charge in [-0.25, -0.2) is 0 Å². The molecule has 0 saturated carbocycles. The molecule has 17 heavy (non-hydrogen) atoms. The molecule has 0 unspecified atom stereocenters. The van der Waals surface area contributed by atoms with E-state index in [1.807, 2.05) is 0 Å². The van der Waals surface area contributed by atoms with Crippen LogP contribution in [0.3, 0.4) is 0 Å². The summed E-state index contributed by atoms with van der Waals surface area (Å²) in [5.74, 6) is 0. The summed E-state index contributed by atoms with van der Waals surface area (Å²) in [6.07, 6.45) is 0. The summed E-state index contributed by atoms with van der Waals surface area (Å²) in [6, 6.07) is 0. The summed E-state index contributed by atoms with van der Waals surface area (Å²) in [5.41, 5.74) is 0.750. The Morgan fingerprint density at radius 2 is 0.471 bits per heavy atom. The van der Waals surface area contributed by atoms with Gasteiger partial charge in [0.05, 0.1) is 0 Å². The van der Waals surface area contributed by atoms with E-state index in [9.17, 15) is 0 Å². The van der Waals surface area contributed by atoms with Crippen molar-refractivity contribution in [3.63, 3.8) is 0 Å². The van der Waals surface area contributed by atoms with Gasteiger partial charge in [0.2, 0.25) is 0 Å². The van der Waals surface area contributed by atoms with Gasteiger partial charge in [-0.1, -0.05) is 62.3 Å². The van der Waals surface area contributed by atoms with E-state index in [1.165, 1.54) is 0 Å². The Balaban J connectivity index is -0.0000000400. The van der Waals surface area contributed by atoms with Gasteiger partial charge in [-0.3, -0.25) is 0 Å². The second-order valence-electron chi connectivity index (χ2n) is 7.68. The maximum atomic E-state index is 3.77. The van der Waals surface area contributed by atoms with Crippen LogP contribution in [0.5, 0.6) is 0 Å². The predicted octanol–water partition coefficient (Wildman–Crippen LogP) is 2.60. The van der Waals surface area contributed by atoms with E-state index in [1.54, 1.807) is 0 Å². The molecule has 0 atom stereocenters. The topological polar surface area (TPSA) is 0 Å². The minimum absolute atomic E-state index is 0. The van der Waals surface area contributed by atoms with E-state index in [4.69, 9.17) is 0 Å². The molecule has 0 N–H and O–H groups in total.